The Morgan fingerprint density at radius 1 is 1.27 bits per heavy atom. The Labute approximate surface area is 109 Å². The van der Waals surface area contributed by atoms with Crippen LogP contribution in [-0.4, -0.2) is 26.6 Å². The van der Waals surface area contributed by atoms with E-state index in [1.54, 1.807) is 0 Å². The largest absolute Gasteiger partial charge is 3.00 e. The van der Waals surface area contributed by atoms with Gasteiger partial charge in [0.2, 0.25) is 0 Å². The Morgan fingerprint density at radius 3 is 1.27 bits per heavy atom. The first-order chi connectivity index (χ1) is 3.73. The van der Waals surface area contributed by atoms with Gasteiger partial charge in [0.05, 0.1) is 0 Å². The molecule has 0 bridgehead atoms. The van der Waals surface area contributed by atoms with Gasteiger partial charge in [-0.15, -0.1) is 20.4 Å². The predicted molar refractivity (Wildman–Crippen MR) is 26.8 cm³/mol. The van der Waals surface area contributed by atoms with E-state index in [1.165, 1.54) is 0 Å². The predicted octanol–water partition coefficient (Wildman–Crippen LogP) is -5.01. The summed E-state index contributed by atoms with van der Waals surface area (Å²) in [4.78, 5) is 0. The second kappa shape index (κ2) is 12.1. The maximum absolute atomic E-state index is 8.89. The molecular weight excluding hydrogens is 412 g/mol. The molecule has 11 heavy (non-hydrogen) atoms. The normalized spacial score (nSPS) is 8.45. The Morgan fingerprint density at radius 2 is 1.27 bits per heavy atom. The van der Waals surface area contributed by atoms with Crippen molar-refractivity contribution >= 4 is 31.6 Å². The monoisotopic (exact) mass is 412 g/mol. The van der Waals surface area contributed by atoms with Crippen molar-refractivity contribution in [2.45, 2.75) is 0 Å². The van der Waals surface area contributed by atoms with Gasteiger partial charge in [0.25, 0.3) is 0 Å². The molecule has 0 aromatic rings. The Kier molecular flexibility index (Phi) is 25.5. The average Bonchev–Trinajstić information content (AvgIpc) is 1.19. The van der Waals surface area contributed by atoms with Crippen LogP contribution in [0.15, 0.2) is 0 Å². The van der Waals surface area contributed by atoms with Crippen molar-refractivity contribution in [3.63, 3.8) is 0 Å². The maximum atomic E-state index is 8.89. The van der Waals surface area contributed by atoms with Crippen molar-refractivity contribution in [1.82, 2.24) is 0 Å². The zero-order valence-corrected chi connectivity index (χ0v) is 11.6. The van der Waals surface area contributed by atoms with E-state index in [2.05, 4.69) is 11.2 Å². The van der Waals surface area contributed by atoms with Crippen LogP contribution < -0.4 is 29.6 Å². The summed E-state index contributed by atoms with van der Waals surface area (Å²) < 4.78 is 52.0. The van der Waals surface area contributed by atoms with E-state index in [0.29, 0.717) is 0 Å². The van der Waals surface area contributed by atoms with E-state index >= 15 is 0 Å². The molecule has 0 saturated carbocycles. The van der Waals surface area contributed by atoms with Gasteiger partial charge in [0.1, 0.15) is 0 Å². The van der Waals surface area contributed by atoms with Crippen molar-refractivity contribution in [2.24, 2.45) is 0 Å². The summed E-state index contributed by atoms with van der Waals surface area (Å²) in [6, 6.07) is 0. The van der Waals surface area contributed by atoms with Gasteiger partial charge in [0.15, 0.2) is 0 Å². The zero-order chi connectivity index (χ0) is 8.08. The second-order valence-electron chi connectivity index (χ2n) is 0.612. The molecular formula is AuNaO6S3. The summed E-state index contributed by atoms with van der Waals surface area (Å²) in [5, 5.41) is 0. The van der Waals surface area contributed by atoms with Gasteiger partial charge in [0, 0.05) is 0 Å². The smallest absolute Gasteiger partial charge is 0.784 e. The maximum Gasteiger partial charge on any atom is 3.00 e. The summed E-state index contributed by atoms with van der Waals surface area (Å²) in [5.41, 5.74) is 0. The van der Waals surface area contributed by atoms with E-state index in [1.807, 2.05) is 0 Å². The van der Waals surface area contributed by atoms with Gasteiger partial charge >= 0.3 is 51.9 Å². The molecule has 0 aliphatic heterocycles. The molecule has 0 fully saturated rings. The molecule has 11 heteroatoms. The fourth-order valence-corrected chi connectivity index (χ4v) is 0. The zero-order valence-electron chi connectivity index (χ0n) is 4.98. The first-order valence-corrected chi connectivity index (χ1v) is 4.50. The third-order valence-corrected chi connectivity index (χ3v) is 0. The summed E-state index contributed by atoms with van der Waals surface area (Å²) in [6.07, 6.45) is 0. The van der Waals surface area contributed by atoms with Crippen LogP contribution in [-0.2, 0) is 54.0 Å². The van der Waals surface area contributed by atoms with E-state index in [4.69, 9.17) is 26.6 Å². The first-order valence-electron chi connectivity index (χ1n) is 1.17. The SMILES string of the molecule is O=S([O-])([O-])=S.O=S([O-])[O-].[Au+3].[Na+]. The van der Waals surface area contributed by atoms with E-state index in [-0.39, 0.29) is 51.9 Å². The fraction of sp³-hybridized carbons (Fsp3) is 0. The van der Waals surface area contributed by atoms with Crippen LogP contribution in [0.4, 0.5) is 0 Å². The van der Waals surface area contributed by atoms with Crippen LogP contribution in [0.2, 0.25) is 0 Å². The minimum Gasteiger partial charge on any atom is -0.784 e. The molecule has 0 atom stereocenters. The van der Waals surface area contributed by atoms with Gasteiger partial charge in [-0.2, -0.15) is 0 Å². The van der Waals surface area contributed by atoms with Gasteiger partial charge in [-0.1, -0.05) is 0 Å². The summed E-state index contributed by atoms with van der Waals surface area (Å²) in [5.74, 6) is 0. The molecule has 6 nitrogen and oxygen atoms in total. The van der Waals surface area contributed by atoms with Gasteiger partial charge in [-0.3, -0.25) is 8.42 Å². The van der Waals surface area contributed by atoms with Crippen LogP contribution in [0, 0.1) is 0 Å². The van der Waals surface area contributed by atoms with Crippen molar-refractivity contribution in [3.8, 4) is 0 Å². The molecule has 0 aromatic carbocycles. The van der Waals surface area contributed by atoms with Crippen LogP contribution >= 0.6 is 0 Å². The molecule has 0 aliphatic rings. The number of hydrogen-bond donors (Lipinski definition) is 0. The molecule has 0 aromatic heterocycles. The van der Waals surface area contributed by atoms with Crippen LogP contribution in [0.25, 0.3) is 0 Å². The summed E-state index contributed by atoms with van der Waals surface area (Å²) in [6.45, 7) is 0. The fourth-order valence-electron chi connectivity index (χ4n) is 0. The first kappa shape index (κ1) is 23.2. The van der Waals surface area contributed by atoms with Crippen LogP contribution in [0.5, 0.6) is 0 Å². The third kappa shape index (κ3) is 280. The van der Waals surface area contributed by atoms with E-state index in [9.17, 15) is 0 Å². The number of rotatable bonds is 0. The molecule has 0 heterocycles. The van der Waals surface area contributed by atoms with Crippen LogP contribution in [0.1, 0.15) is 0 Å². The van der Waals surface area contributed by atoms with Crippen molar-refractivity contribution in [3.05, 3.63) is 0 Å². The van der Waals surface area contributed by atoms with Gasteiger partial charge in [-0.05, 0) is 11.2 Å². The van der Waals surface area contributed by atoms with Gasteiger partial charge in [-0.25, -0.2) is 0 Å². The molecule has 0 unspecified atom stereocenters. The van der Waals surface area contributed by atoms with Crippen molar-refractivity contribution < 1.29 is 78.6 Å². The van der Waals surface area contributed by atoms with E-state index < -0.39 is 20.4 Å². The standard InChI is InChI=1S/Au.Na.H2O3S2.H2O3S/c;;1-5(2,3)4;1-4(2)3/h;;(H2,1,2,3,4);(H2,1,2,3)/q+3;+1;;/p-4. The molecule has 0 rings (SSSR count). The van der Waals surface area contributed by atoms with Crippen molar-refractivity contribution in [1.29, 1.82) is 0 Å². The van der Waals surface area contributed by atoms with Gasteiger partial charge < -0.3 is 18.2 Å². The Hall–Kier alpha value is 2.10. The molecule has 0 spiro atoms. The molecule has 0 amide bonds. The molecule has 0 saturated heterocycles. The topological polar surface area (TPSA) is 126 Å². The molecule has 0 N–H and O–H groups in total. The van der Waals surface area contributed by atoms with Crippen molar-refractivity contribution in [2.75, 3.05) is 0 Å². The quantitative estimate of drug-likeness (QED) is 0.288. The average molecular weight is 412 g/mol. The third-order valence-electron chi connectivity index (χ3n) is 0. The minimum absolute atomic E-state index is 0. The Bertz CT molecular complexity index is 160. The summed E-state index contributed by atoms with van der Waals surface area (Å²) >= 11 is 0.132. The Balaban J connectivity index is -0.0000000383. The molecule has 66 valence electrons. The number of hydrogen-bond acceptors (Lipinski definition) is 7. The minimum atomic E-state index is -4.33. The summed E-state index contributed by atoms with van der Waals surface area (Å²) in [7, 11) is -4.33. The molecule has 0 radical (unpaired) electrons. The second-order valence-corrected chi connectivity index (χ2v) is 3.06. The molecule has 0 aliphatic carbocycles. The van der Waals surface area contributed by atoms with Crippen LogP contribution in [0.3, 0.4) is 0 Å². The van der Waals surface area contributed by atoms with E-state index in [0.717, 1.165) is 0 Å².